The smallest absolute Gasteiger partial charge is 0.130 e. The molecule has 0 aromatic heterocycles. The van der Waals surface area contributed by atoms with Crippen LogP contribution in [0.3, 0.4) is 0 Å². The predicted octanol–water partition coefficient (Wildman–Crippen LogP) is 13.3. The van der Waals surface area contributed by atoms with Crippen LogP contribution in [0.5, 0.6) is 0 Å². The van der Waals surface area contributed by atoms with Crippen molar-refractivity contribution in [1.29, 1.82) is 0 Å². The van der Waals surface area contributed by atoms with Crippen molar-refractivity contribution in [2.45, 2.75) is 44.7 Å². The minimum atomic E-state index is 0.0264. The van der Waals surface area contributed by atoms with Gasteiger partial charge in [0, 0.05) is 5.69 Å². The third-order valence-corrected chi connectivity index (χ3v) is 12.1. The summed E-state index contributed by atoms with van der Waals surface area (Å²) < 4.78 is 0. The van der Waals surface area contributed by atoms with Gasteiger partial charge in [-0.1, -0.05) is 127 Å². The zero-order chi connectivity index (χ0) is 34.9. The molecule has 1 aliphatic heterocycles. The van der Waals surface area contributed by atoms with E-state index >= 15 is 0 Å². The van der Waals surface area contributed by atoms with Gasteiger partial charge in [0.05, 0.1) is 11.4 Å². The Balaban J connectivity index is 1.07. The Kier molecular flexibility index (Phi) is 7.05. The van der Waals surface area contributed by atoms with E-state index < -0.39 is 0 Å². The highest BCUT2D eigenvalue weighted by molar-refractivity contribution is 6.21. The largest absolute Gasteiger partial charge is 0.359 e. The van der Waals surface area contributed by atoms with Gasteiger partial charge in [0.2, 0.25) is 0 Å². The second-order valence-electron chi connectivity index (χ2n) is 15.0. The molecule has 4 aliphatic rings. The van der Waals surface area contributed by atoms with Gasteiger partial charge in [-0.2, -0.15) is 0 Å². The number of nitrogens with one attached hydrogen (secondary N) is 1. The Hall–Kier alpha value is -6.12. The van der Waals surface area contributed by atoms with Crippen molar-refractivity contribution in [2.75, 3.05) is 10.2 Å². The maximum absolute atomic E-state index is 3.82. The fourth-order valence-corrected chi connectivity index (χ4v) is 9.68. The molecular formula is C51H40N2. The van der Waals surface area contributed by atoms with Crippen molar-refractivity contribution in [2.24, 2.45) is 0 Å². The van der Waals surface area contributed by atoms with Crippen LogP contribution in [-0.4, -0.2) is 0 Å². The third-order valence-electron chi connectivity index (χ3n) is 12.1. The number of hydrogen-bond donors (Lipinski definition) is 1. The Labute approximate surface area is 311 Å². The average Bonchev–Trinajstić information content (AvgIpc) is 3.63. The highest BCUT2D eigenvalue weighted by Crippen LogP contribution is 2.49. The number of anilines is 3. The van der Waals surface area contributed by atoms with Crippen LogP contribution in [0.4, 0.5) is 17.1 Å². The topological polar surface area (TPSA) is 15.3 Å². The minimum absolute atomic E-state index is 0.0264. The molecule has 3 aliphatic carbocycles. The second kappa shape index (κ2) is 12.2. The standard InChI is InChI=1S/C51H40N2/c1-3-13-33(14-4-1)36-27-29-41-42-30-28-37(32-46(42)50-44-20-10-8-18-40(44)39-17-7-9-19-43(39)49(50)45(41)31-36)34-23-25-35(26-24-34)51-52-47-21-11-12-22-48(47)53(51)38-15-5-2-6-16-38/h1-6,9-16,19-27,29,31-32,51-52H,7-8,17-18,28,30H2. The first kappa shape index (κ1) is 30.5. The molecule has 0 bridgehead atoms. The highest BCUT2D eigenvalue weighted by atomic mass is 15.3. The molecule has 7 aromatic carbocycles. The Morgan fingerprint density at radius 2 is 1.19 bits per heavy atom. The van der Waals surface area contributed by atoms with Crippen LogP contribution in [0.2, 0.25) is 0 Å². The van der Waals surface area contributed by atoms with Crippen molar-refractivity contribution in [3.05, 3.63) is 184 Å². The number of allylic oxidation sites excluding steroid dienone is 3. The van der Waals surface area contributed by atoms with E-state index in [0.717, 1.165) is 38.5 Å². The molecule has 0 saturated carbocycles. The zero-order valence-corrected chi connectivity index (χ0v) is 29.8. The molecule has 53 heavy (non-hydrogen) atoms. The summed E-state index contributed by atoms with van der Waals surface area (Å²) in [5.74, 6) is 0. The predicted molar refractivity (Wildman–Crippen MR) is 226 cm³/mol. The fraction of sp³-hybridized carbons (Fsp3) is 0.137. The monoisotopic (exact) mass is 680 g/mol. The lowest BCUT2D eigenvalue weighted by molar-refractivity contribution is 0.828. The van der Waals surface area contributed by atoms with E-state index in [4.69, 9.17) is 0 Å². The molecule has 7 aromatic rings. The first-order valence-corrected chi connectivity index (χ1v) is 19.3. The third kappa shape index (κ3) is 4.86. The van der Waals surface area contributed by atoms with Gasteiger partial charge in [-0.3, -0.25) is 0 Å². The summed E-state index contributed by atoms with van der Waals surface area (Å²) in [6.07, 6.45) is 18.9. The molecular weight excluding hydrogens is 641 g/mol. The van der Waals surface area contributed by atoms with Crippen molar-refractivity contribution in [1.82, 2.24) is 0 Å². The molecule has 2 nitrogen and oxygen atoms in total. The summed E-state index contributed by atoms with van der Waals surface area (Å²) in [6, 6.07) is 46.9. The molecule has 1 unspecified atom stereocenters. The molecule has 254 valence electrons. The Morgan fingerprint density at radius 1 is 0.509 bits per heavy atom. The molecule has 11 rings (SSSR count). The lowest BCUT2D eigenvalue weighted by atomic mass is 9.75. The van der Waals surface area contributed by atoms with Gasteiger partial charge in [0.1, 0.15) is 6.17 Å². The second-order valence-corrected chi connectivity index (χ2v) is 15.0. The van der Waals surface area contributed by atoms with Gasteiger partial charge in [0.25, 0.3) is 0 Å². The maximum Gasteiger partial charge on any atom is 0.130 e. The van der Waals surface area contributed by atoms with Crippen LogP contribution in [-0.2, 0) is 19.3 Å². The summed E-state index contributed by atoms with van der Waals surface area (Å²) in [7, 11) is 0. The summed E-state index contributed by atoms with van der Waals surface area (Å²) in [4.78, 5) is 2.42. The van der Waals surface area contributed by atoms with E-state index in [1.54, 1.807) is 11.1 Å². The minimum Gasteiger partial charge on any atom is -0.359 e. The van der Waals surface area contributed by atoms with E-state index in [1.807, 2.05) is 0 Å². The van der Waals surface area contributed by atoms with Crippen LogP contribution >= 0.6 is 0 Å². The molecule has 0 spiro atoms. The van der Waals surface area contributed by atoms with Crippen LogP contribution in [0.15, 0.2) is 140 Å². The van der Waals surface area contributed by atoms with Crippen molar-refractivity contribution >= 4 is 62.4 Å². The number of fused-ring (bicyclic) bond motifs is 12. The normalized spacial score (nSPS) is 16.9. The number of para-hydroxylation sites is 3. The van der Waals surface area contributed by atoms with Crippen molar-refractivity contribution in [3.8, 4) is 11.1 Å². The van der Waals surface area contributed by atoms with Crippen LogP contribution < -0.4 is 10.2 Å². The molecule has 0 saturated heterocycles. The molecule has 2 heteroatoms. The van der Waals surface area contributed by atoms with Gasteiger partial charge < -0.3 is 10.2 Å². The van der Waals surface area contributed by atoms with E-state index in [-0.39, 0.29) is 6.17 Å². The molecule has 0 amide bonds. The maximum atomic E-state index is 3.82. The van der Waals surface area contributed by atoms with E-state index in [9.17, 15) is 0 Å². The molecule has 0 fully saturated rings. The van der Waals surface area contributed by atoms with Gasteiger partial charge in [-0.15, -0.1) is 0 Å². The summed E-state index contributed by atoms with van der Waals surface area (Å²) >= 11 is 0. The summed E-state index contributed by atoms with van der Waals surface area (Å²) in [5.41, 5.74) is 19.1. The zero-order valence-electron chi connectivity index (χ0n) is 29.8. The fourth-order valence-electron chi connectivity index (χ4n) is 9.68. The lowest BCUT2D eigenvalue weighted by Gasteiger charge is -2.29. The first-order valence-electron chi connectivity index (χ1n) is 19.3. The van der Waals surface area contributed by atoms with Gasteiger partial charge in [-0.05, 0) is 152 Å². The summed E-state index contributed by atoms with van der Waals surface area (Å²) in [6.45, 7) is 0. The summed E-state index contributed by atoms with van der Waals surface area (Å²) in [5, 5.41) is 9.52. The van der Waals surface area contributed by atoms with E-state index in [0.29, 0.717) is 0 Å². The van der Waals surface area contributed by atoms with Crippen LogP contribution in [0.25, 0.3) is 56.5 Å². The van der Waals surface area contributed by atoms with Crippen LogP contribution in [0.1, 0.15) is 69.9 Å². The van der Waals surface area contributed by atoms with Crippen molar-refractivity contribution < 1.29 is 0 Å². The Morgan fingerprint density at radius 3 is 1.96 bits per heavy atom. The number of rotatable bonds is 4. The van der Waals surface area contributed by atoms with E-state index in [1.165, 1.54) is 88.7 Å². The molecule has 0 radical (unpaired) electrons. The van der Waals surface area contributed by atoms with Gasteiger partial charge in [-0.25, -0.2) is 0 Å². The lowest BCUT2D eigenvalue weighted by Crippen LogP contribution is -2.23. The van der Waals surface area contributed by atoms with Crippen LogP contribution in [0, 0.1) is 0 Å². The quantitative estimate of drug-likeness (QED) is 0.186. The number of hydrogen-bond acceptors (Lipinski definition) is 2. The molecule has 1 N–H and O–H groups in total. The van der Waals surface area contributed by atoms with E-state index in [2.05, 4.69) is 168 Å². The highest BCUT2D eigenvalue weighted by Gasteiger charge is 2.31. The molecule has 1 heterocycles. The SMILES string of the molecule is C1=Cc2c(c3c(c4c2c2c(c5ccc(-c6ccccc6)cc54)CCC(c4ccc(C5Nc6ccccc6N5c5ccccc5)cc4)=C2)C=CCC3)CC1. The van der Waals surface area contributed by atoms with Gasteiger partial charge >= 0.3 is 0 Å². The average molecular weight is 681 g/mol. The molecule has 1 atom stereocenters. The number of benzene rings is 7. The van der Waals surface area contributed by atoms with Gasteiger partial charge in [0.15, 0.2) is 0 Å². The first-order chi connectivity index (χ1) is 26.3. The number of nitrogens with zero attached hydrogens (tertiary/aromatic N) is 1. The Bertz CT molecular complexity index is 2680. The number of aryl methyl sites for hydroxylation is 1. The van der Waals surface area contributed by atoms with Crippen molar-refractivity contribution in [3.63, 3.8) is 0 Å².